The Labute approximate surface area is 83.0 Å². The fourth-order valence-corrected chi connectivity index (χ4v) is 1.86. The lowest BCUT2D eigenvalue weighted by Gasteiger charge is -2.23. The zero-order valence-electron chi connectivity index (χ0n) is 7.94. The van der Waals surface area contributed by atoms with Crippen molar-refractivity contribution in [2.75, 3.05) is 13.2 Å². The Morgan fingerprint density at radius 1 is 1.29 bits per heavy atom. The van der Waals surface area contributed by atoms with Crippen molar-refractivity contribution in [1.29, 1.82) is 0 Å². The first-order valence-corrected chi connectivity index (χ1v) is 4.87. The lowest BCUT2D eigenvalue weighted by molar-refractivity contribution is 0.0797. The van der Waals surface area contributed by atoms with Crippen molar-refractivity contribution in [1.82, 2.24) is 0 Å². The fourth-order valence-electron chi connectivity index (χ4n) is 1.86. The third-order valence-electron chi connectivity index (χ3n) is 2.61. The molecule has 1 saturated heterocycles. The van der Waals surface area contributed by atoms with Crippen molar-refractivity contribution in [2.24, 2.45) is 0 Å². The summed E-state index contributed by atoms with van der Waals surface area (Å²) in [5.41, 5.74) is 0.877. The average Bonchev–Trinajstić information content (AvgIpc) is 2.19. The summed E-state index contributed by atoms with van der Waals surface area (Å²) in [6, 6.07) is 4.75. The number of ether oxygens (including phenoxy) is 1. The first-order valence-electron chi connectivity index (χ1n) is 4.87. The SMILES string of the molecule is Oc1ccc([C@@H]2CCCOC2)c(O)c1. The lowest BCUT2D eigenvalue weighted by atomic mass is 9.93. The summed E-state index contributed by atoms with van der Waals surface area (Å²) in [6.07, 6.45) is 2.07. The fraction of sp³-hybridized carbons (Fsp3) is 0.455. The number of hydrogen-bond donors (Lipinski definition) is 2. The number of phenols is 2. The van der Waals surface area contributed by atoms with Crippen molar-refractivity contribution >= 4 is 0 Å². The Morgan fingerprint density at radius 3 is 2.79 bits per heavy atom. The number of hydrogen-bond acceptors (Lipinski definition) is 3. The quantitative estimate of drug-likeness (QED) is 0.718. The maximum atomic E-state index is 9.63. The third kappa shape index (κ3) is 1.82. The molecule has 1 aliphatic rings. The monoisotopic (exact) mass is 194 g/mol. The van der Waals surface area contributed by atoms with Gasteiger partial charge in [-0.25, -0.2) is 0 Å². The van der Waals surface area contributed by atoms with E-state index in [2.05, 4.69) is 0 Å². The molecule has 0 saturated carbocycles. The highest BCUT2D eigenvalue weighted by Gasteiger charge is 2.18. The zero-order chi connectivity index (χ0) is 9.97. The second-order valence-electron chi connectivity index (χ2n) is 3.66. The van der Waals surface area contributed by atoms with E-state index in [1.165, 1.54) is 6.07 Å². The van der Waals surface area contributed by atoms with Gasteiger partial charge < -0.3 is 14.9 Å². The van der Waals surface area contributed by atoms with Gasteiger partial charge in [0.2, 0.25) is 0 Å². The second kappa shape index (κ2) is 3.88. The first-order chi connectivity index (χ1) is 6.77. The second-order valence-corrected chi connectivity index (χ2v) is 3.66. The molecule has 2 N–H and O–H groups in total. The molecule has 1 fully saturated rings. The molecule has 0 aliphatic carbocycles. The minimum absolute atomic E-state index is 0.1000. The van der Waals surface area contributed by atoms with E-state index < -0.39 is 0 Å². The Morgan fingerprint density at radius 2 is 2.14 bits per heavy atom. The zero-order valence-corrected chi connectivity index (χ0v) is 7.94. The summed E-state index contributed by atoms with van der Waals surface area (Å²) >= 11 is 0. The van der Waals surface area contributed by atoms with E-state index in [0.717, 1.165) is 25.0 Å². The molecule has 14 heavy (non-hydrogen) atoms. The van der Waals surface area contributed by atoms with E-state index in [-0.39, 0.29) is 17.4 Å². The van der Waals surface area contributed by atoms with Gasteiger partial charge in [0, 0.05) is 18.6 Å². The molecule has 0 spiro atoms. The largest absolute Gasteiger partial charge is 0.508 e. The lowest BCUT2D eigenvalue weighted by Crippen LogP contribution is -2.15. The van der Waals surface area contributed by atoms with Gasteiger partial charge in [-0.3, -0.25) is 0 Å². The van der Waals surface area contributed by atoms with Gasteiger partial charge in [-0.05, 0) is 24.5 Å². The summed E-state index contributed by atoms with van der Waals surface area (Å²) in [6.45, 7) is 1.48. The van der Waals surface area contributed by atoms with Crippen LogP contribution in [-0.4, -0.2) is 23.4 Å². The smallest absolute Gasteiger partial charge is 0.122 e. The number of phenolic OH excluding ortho intramolecular Hbond substituents is 2. The molecule has 0 aromatic heterocycles. The Hall–Kier alpha value is -1.22. The van der Waals surface area contributed by atoms with Gasteiger partial charge >= 0.3 is 0 Å². The number of benzene rings is 1. The van der Waals surface area contributed by atoms with Crippen molar-refractivity contribution < 1.29 is 14.9 Å². The van der Waals surface area contributed by atoms with Gasteiger partial charge in [0.1, 0.15) is 11.5 Å². The molecule has 2 rings (SSSR count). The van der Waals surface area contributed by atoms with Crippen LogP contribution in [-0.2, 0) is 4.74 Å². The van der Waals surface area contributed by atoms with Crippen LogP contribution in [0.15, 0.2) is 18.2 Å². The maximum Gasteiger partial charge on any atom is 0.122 e. The van der Waals surface area contributed by atoms with E-state index in [0.29, 0.717) is 6.61 Å². The molecule has 0 unspecified atom stereocenters. The molecule has 3 heteroatoms. The molecule has 76 valence electrons. The van der Waals surface area contributed by atoms with Crippen molar-refractivity contribution in [3.63, 3.8) is 0 Å². The van der Waals surface area contributed by atoms with Gasteiger partial charge in [-0.1, -0.05) is 6.07 Å². The van der Waals surface area contributed by atoms with E-state index >= 15 is 0 Å². The summed E-state index contributed by atoms with van der Waals surface area (Å²) in [4.78, 5) is 0. The minimum atomic E-state index is 0.1000. The van der Waals surface area contributed by atoms with E-state index in [9.17, 15) is 5.11 Å². The van der Waals surface area contributed by atoms with Crippen LogP contribution in [0.1, 0.15) is 24.3 Å². The van der Waals surface area contributed by atoms with Gasteiger partial charge in [0.15, 0.2) is 0 Å². The highest BCUT2D eigenvalue weighted by molar-refractivity contribution is 5.41. The van der Waals surface area contributed by atoms with Gasteiger partial charge in [-0.2, -0.15) is 0 Å². The van der Waals surface area contributed by atoms with Gasteiger partial charge in [0.05, 0.1) is 6.61 Å². The van der Waals surface area contributed by atoms with E-state index in [1.54, 1.807) is 12.1 Å². The Balaban J connectivity index is 2.22. The van der Waals surface area contributed by atoms with Crippen molar-refractivity contribution in [3.8, 4) is 11.5 Å². The van der Waals surface area contributed by atoms with Gasteiger partial charge in [0.25, 0.3) is 0 Å². The van der Waals surface area contributed by atoms with Crippen LogP contribution in [0.25, 0.3) is 0 Å². The molecular weight excluding hydrogens is 180 g/mol. The number of rotatable bonds is 1. The third-order valence-corrected chi connectivity index (χ3v) is 2.61. The van der Waals surface area contributed by atoms with Crippen molar-refractivity contribution in [2.45, 2.75) is 18.8 Å². The summed E-state index contributed by atoms with van der Waals surface area (Å²) in [5.74, 6) is 0.535. The molecule has 1 heterocycles. The topological polar surface area (TPSA) is 49.7 Å². The molecule has 0 amide bonds. The molecule has 1 aromatic rings. The van der Waals surface area contributed by atoms with Crippen LogP contribution in [0.3, 0.4) is 0 Å². The summed E-state index contributed by atoms with van der Waals surface area (Å²) in [5, 5.41) is 18.8. The minimum Gasteiger partial charge on any atom is -0.508 e. The van der Waals surface area contributed by atoms with Gasteiger partial charge in [-0.15, -0.1) is 0 Å². The van der Waals surface area contributed by atoms with Crippen LogP contribution in [0.5, 0.6) is 11.5 Å². The molecule has 0 radical (unpaired) electrons. The molecular formula is C11H14O3. The van der Waals surface area contributed by atoms with Crippen LogP contribution >= 0.6 is 0 Å². The summed E-state index contributed by atoms with van der Waals surface area (Å²) in [7, 11) is 0. The summed E-state index contributed by atoms with van der Waals surface area (Å²) < 4.78 is 5.35. The number of aromatic hydroxyl groups is 2. The molecule has 1 aromatic carbocycles. The van der Waals surface area contributed by atoms with Crippen LogP contribution in [0.2, 0.25) is 0 Å². The molecule has 1 atom stereocenters. The molecule has 3 nitrogen and oxygen atoms in total. The van der Waals surface area contributed by atoms with E-state index in [1.807, 2.05) is 0 Å². The predicted octanol–water partition coefficient (Wildman–Crippen LogP) is 1.99. The predicted molar refractivity (Wildman–Crippen MR) is 52.6 cm³/mol. The van der Waals surface area contributed by atoms with Crippen LogP contribution in [0, 0.1) is 0 Å². The van der Waals surface area contributed by atoms with E-state index in [4.69, 9.17) is 9.84 Å². The Kier molecular flexibility index (Phi) is 2.59. The highest BCUT2D eigenvalue weighted by atomic mass is 16.5. The van der Waals surface area contributed by atoms with Crippen LogP contribution in [0.4, 0.5) is 0 Å². The normalized spacial score (nSPS) is 22.1. The maximum absolute atomic E-state index is 9.63. The van der Waals surface area contributed by atoms with Crippen molar-refractivity contribution in [3.05, 3.63) is 23.8 Å². The Bertz CT molecular complexity index is 316. The standard InChI is InChI=1S/C11H14O3/c12-9-3-4-10(11(13)6-9)8-2-1-5-14-7-8/h3-4,6,8,12-13H,1-2,5,7H2/t8-/m1/s1. The van der Waals surface area contributed by atoms with Crippen LogP contribution < -0.4 is 0 Å². The average molecular weight is 194 g/mol. The molecule has 0 bridgehead atoms. The highest BCUT2D eigenvalue weighted by Crippen LogP contribution is 2.33. The first kappa shape index (κ1) is 9.34. The molecule has 1 aliphatic heterocycles.